The van der Waals surface area contributed by atoms with E-state index in [1.807, 2.05) is 18.2 Å². The second kappa shape index (κ2) is 6.63. The van der Waals surface area contributed by atoms with Crippen molar-refractivity contribution in [2.45, 2.75) is 0 Å². The summed E-state index contributed by atoms with van der Waals surface area (Å²) in [7, 11) is 1.40. The number of aromatic nitrogens is 3. The van der Waals surface area contributed by atoms with Crippen molar-refractivity contribution in [2.75, 3.05) is 6.54 Å². The molecule has 0 saturated heterocycles. The molecule has 3 rings (SSSR count). The molecule has 2 heterocycles. The van der Waals surface area contributed by atoms with Crippen LogP contribution in [0.15, 0.2) is 41.3 Å². The number of amides is 1. The van der Waals surface area contributed by atoms with Gasteiger partial charge < -0.3 is 15.5 Å². The SMILES string of the molecule is Cn1c(=O)c(C(=O)NCC(=O)O)c(O)c2cnc(-c3ccccc3)nc21. The molecule has 0 bridgehead atoms. The minimum atomic E-state index is -1.27. The smallest absolute Gasteiger partial charge is 0.322 e. The van der Waals surface area contributed by atoms with Crippen LogP contribution in [0.25, 0.3) is 22.4 Å². The molecular formula is C17H14N4O5. The Labute approximate surface area is 146 Å². The number of nitrogens with zero attached hydrogens (tertiary/aromatic N) is 3. The summed E-state index contributed by atoms with van der Waals surface area (Å²) in [4.78, 5) is 43.6. The summed E-state index contributed by atoms with van der Waals surface area (Å²) in [6.07, 6.45) is 1.31. The first-order valence-corrected chi connectivity index (χ1v) is 7.54. The zero-order valence-electron chi connectivity index (χ0n) is 13.6. The molecule has 0 spiro atoms. The van der Waals surface area contributed by atoms with Crippen LogP contribution in [0.5, 0.6) is 5.75 Å². The van der Waals surface area contributed by atoms with Crippen molar-refractivity contribution in [1.29, 1.82) is 0 Å². The molecule has 3 N–H and O–H groups in total. The average molecular weight is 354 g/mol. The van der Waals surface area contributed by atoms with E-state index >= 15 is 0 Å². The first kappa shape index (κ1) is 17.1. The highest BCUT2D eigenvalue weighted by Crippen LogP contribution is 2.26. The maximum Gasteiger partial charge on any atom is 0.322 e. The van der Waals surface area contributed by atoms with Gasteiger partial charge in [-0.1, -0.05) is 30.3 Å². The highest BCUT2D eigenvalue weighted by molar-refractivity contribution is 6.02. The molecular weight excluding hydrogens is 340 g/mol. The molecule has 0 saturated carbocycles. The number of carboxylic acids is 1. The van der Waals surface area contributed by atoms with E-state index in [0.29, 0.717) is 5.82 Å². The van der Waals surface area contributed by atoms with Crippen LogP contribution >= 0.6 is 0 Å². The zero-order valence-corrected chi connectivity index (χ0v) is 13.6. The van der Waals surface area contributed by atoms with E-state index in [4.69, 9.17) is 5.11 Å². The Morgan fingerprint density at radius 1 is 1.23 bits per heavy atom. The van der Waals surface area contributed by atoms with Gasteiger partial charge in [-0.3, -0.25) is 19.0 Å². The lowest BCUT2D eigenvalue weighted by Gasteiger charge is -2.11. The average Bonchev–Trinajstić information content (AvgIpc) is 2.65. The number of hydrogen-bond acceptors (Lipinski definition) is 6. The van der Waals surface area contributed by atoms with Crippen molar-refractivity contribution >= 4 is 22.9 Å². The first-order chi connectivity index (χ1) is 12.4. The van der Waals surface area contributed by atoms with Crippen molar-refractivity contribution in [1.82, 2.24) is 19.9 Å². The fourth-order valence-corrected chi connectivity index (χ4v) is 2.47. The van der Waals surface area contributed by atoms with Crippen molar-refractivity contribution in [3.8, 4) is 17.1 Å². The van der Waals surface area contributed by atoms with Crippen LogP contribution < -0.4 is 10.9 Å². The molecule has 0 aliphatic heterocycles. The minimum absolute atomic E-state index is 0.104. The molecule has 0 fully saturated rings. The van der Waals surface area contributed by atoms with Gasteiger partial charge >= 0.3 is 5.97 Å². The number of aliphatic carboxylic acids is 1. The lowest BCUT2D eigenvalue weighted by atomic mass is 10.1. The Kier molecular flexibility index (Phi) is 4.36. The van der Waals surface area contributed by atoms with Crippen LogP contribution in [-0.2, 0) is 11.8 Å². The quantitative estimate of drug-likeness (QED) is 0.621. The number of hydrogen-bond donors (Lipinski definition) is 3. The highest BCUT2D eigenvalue weighted by Gasteiger charge is 2.22. The van der Waals surface area contributed by atoms with Gasteiger partial charge in [-0.05, 0) is 0 Å². The Morgan fingerprint density at radius 3 is 2.58 bits per heavy atom. The molecule has 0 atom stereocenters. The Balaban J connectivity index is 2.16. The maximum absolute atomic E-state index is 12.5. The summed E-state index contributed by atoms with van der Waals surface area (Å²) < 4.78 is 1.11. The standard InChI is InChI=1S/C17H14N4O5/c1-21-15-10(7-18-14(20-15)9-5-3-2-4-6-9)13(24)12(17(21)26)16(25)19-8-11(22)23/h2-7,24H,8H2,1H3,(H,19,25)(H,22,23). The van der Waals surface area contributed by atoms with Gasteiger partial charge in [0.05, 0.1) is 5.39 Å². The van der Waals surface area contributed by atoms with Crippen LogP contribution in [0.4, 0.5) is 0 Å². The molecule has 1 amide bonds. The molecule has 2 aromatic heterocycles. The van der Waals surface area contributed by atoms with Gasteiger partial charge in [0, 0.05) is 18.8 Å². The predicted molar refractivity (Wildman–Crippen MR) is 91.8 cm³/mol. The van der Waals surface area contributed by atoms with Crippen molar-refractivity contribution in [3.63, 3.8) is 0 Å². The normalized spacial score (nSPS) is 10.7. The van der Waals surface area contributed by atoms with E-state index in [0.717, 1.165) is 10.1 Å². The van der Waals surface area contributed by atoms with E-state index in [-0.39, 0.29) is 11.0 Å². The number of pyridine rings is 1. The fourth-order valence-electron chi connectivity index (χ4n) is 2.47. The van der Waals surface area contributed by atoms with Crippen molar-refractivity contribution < 1.29 is 19.8 Å². The summed E-state index contributed by atoms with van der Waals surface area (Å²) in [5.74, 6) is -2.49. The number of fused-ring (bicyclic) bond motifs is 1. The monoisotopic (exact) mass is 354 g/mol. The largest absolute Gasteiger partial charge is 0.506 e. The van der Waals surface area contributed by atoms with E-state index in [9.17, 15) is 19.5 Å². The van der Waals surface area contributed by atoms with E-state index in [1.54, 1.807) is 12.1 Å². The molecule has 9 heteroatoms. The summed E-state index contributed by atoms with van der Waals surface area (Å²) in [6.45, 7) is -0.678. The Morgan fingerprint density at radius 2 is 1.92 bits per heavy atom. The van der Waals surface area contributed by atoms with Gasteiger partial charge in [0.2, 0.25) is 0 Å². The second-order valence-corrected chi connectivity index (χ2v) is 5.46. The molecule has 0 aliphatic carbocycles. The summed E-state index contributed by atoms with van der Waals surface area (Å²) in [5.41, 5.74) is -0.478. The maximum atomic E-state index is 12.5. The molecule has 1 aromatic carbocycles. The third-order valence-electron chi connectivity index (χ3n) is 3.76. The van der Waals surface area contributed by atoms with Gasteiger partial charge in [0.1, 0.15) is 23.5 Å². The zero-order chi connectivity index (χ0) is 18.8. The van der Waals surface area contributed by atoms with E-state index < -0.39 is 35.3 Å². The summed E-state index contributed by atoms with van der Waals surface area (Å²) >= 11 is 0. The third-order valence-corrected chi connectivity index (χ3v) is 3.76. The van der Waals surface area contributed by atoms with Crippen LogP contribution in [0.2, 0.25) is 0 Å². The van der Waals surface area contributed by atoms with Crippen LogP contribution in [0, 0.1) is 0 Å². The van der Waals surface area contributed by atoms with E-state index in [1.165, 1.54) is 13.2 Å². The summed E-state index contributed by atoms with van der Waals surface area (Å²) in [5, 5.41) is 21.1. The molecule has 0 aliphatic rings. The van der Waals surface area contributed by atoms with Crippen molar-refractivity contribution in [3.05, 3.63) is 52.4 Å². The molecule has 9 nitrogen and oxygen atoms in total. The molecule has 0 radical (unpaired) electrons. The van der Waals surface area contributed by atoms with Gasteiger partial charge in [0.25, 0.3) is 11.5 Å². The van der Waals surface area contributed by atoms with Gasteiger partial charge in [-0.25, -0.2) is 9.97 Å². The number of carbonyl (C=O) groups excluding carboxylic acids is 1. The minimum Gasteiger partial charge on any atom is -0.506 e. The van der Waals surface area contributed by atoms with Gasteiger partial charge in [-0.2, -0.15) is 0 Å². The number of rotatable bonds is 4. The second-order valence-electron chi connectivity index (χ2n) is 5.46. The number of carboxylic acid groups (broad SMARTS) is 1. The topological polar surface area (TPSA) is 134 Å². The van der Waals surface area contributed by atoms with Crippen LogP contribution in [-0.4, -0.2) is 43.2 Å². The van der Waals surface area contributed by atoms with Crippen molar-refractivity contribution in [2.24, 2.45) is 7.05 Å². The molecule has 26 heavy (non-hydrogen) atoms. The number of nitrogens with one attached hydrogen (secondary N) is 1. The van der Waals surface area contributed by atoms with E-state index in [2.05, 4.69) is 15.3 Å². The lowest BCUT2D eigenvalue weighted by Crippen LogP contribution is -2.35. The van der Waals surface area contributed by atoms with Crippen LogP contribution in [0.3, 0.4) is 0 Å². The number of aryl methyl sites for hydroxylation is 1. The fraction of sp³-hybridized carbons (Fsp3) is 0.118. The Hall–Kier alpha value is -3.75. The number of aromatic hydroxyl groups is 1. The summed E-state index contributed by atoms with van der Waals surface area (Å²) in [6, 6.07) is 9.07. The molecule has 3 aromatic rings. The van der Waals surface area contributed by atoms with Crippen LogP contribution in [0.1, 0.15) is 10.4 Å². The number of carbonyl (C=O) groups is 2. The van der Waals surface area contributed by atoms with Gasteiger partial charge in [-0.15, -0.1) is 0 Å². The lowest BCUT2D eigenvalue weighted by molar-refractivity contribution is -0.135. The predicted octanol–water partition coefficient (Wildman–Crippen LogP) is 0.515. The molecule has 0 unspecified atom stereocenters. The Bertz CT molecular complexity index is 1080. The van der Waals surface area contributed by atoms with Gasteiger partial charge in [0.15, 0.2) is 5.82 Å². The molecule has 132 valence electrons. The number of benzene rings is 1. The third kappa shape index (κ3) is 2.97. The first-order valence-electron chi connectivity index (χ1n) is 7.54. The highest BCUT2D eigenvalue weighted by atomic mass is 16.4.